The van der Waals surface area contributed by atoms with Gasteiger partial charge in [0.1, 0.15) is 5.41 Å². The van der Waals surface area contributed by atoms with Crippen molar-refractivity contribution in [3.8, 4) is 0 Å². The molecule has 0 bridgehead atoms. The Kier molecular flexibility index (Phi) is 3.17. The lowest BCUT2D eigenvalue weighted by atomic mass is 9.85. The van der Waals surface area contributed by atoms with E-state index in [9.17, 15) is 4.79 Å². The summed E-state index contributed by atoms with van der Waals surface area (Å²) in [6, 6.07) is 18.1. The van der Waals surface area contributed by atoms with Crippen molar-refractivity contribution in [1.82, 2.24) is 0 Å². The van der Waals surface area contributed by atoms with Gasteiger partial charge in [0.25, 0.3) is 0 Å². The van der Waals surface area contributed by atoms with E-state index in [0.717, 1.165) is 27.8 Å². The first-order valence-electron chi connectivity index (χ1n) is 7.05. The highest BCUT2D eigenvalue weighted by atomic mass is 16.5. The number of hydrogen-bond acceptors (Lipinski definition) is 2. The largest absolute Gasteiger partial charge is 0.468 e. The molecule has 0 heterocycles. The number of methoxy groups -OCH3 is 1. The fourth-order valence-electron chi connectivity index (χ4n) is 3.21. The number of benzene rings is 2. The van der Waals surface area contributed by atoms with Crippen LogP contribution in [0.15, 0.2) is 60.2 Å². The number of carbonyl (C=O) groups excluding carboxylic acids is 1. The molecule has 0 spiro atoms. The molecule has 2 nitrogen and oxygen atoms in total. The average Bonchev–Trinajstić information content (AvgIpc) is 3.14. The average molecular weight is 278 g/mol. The highest BCUT2D eigenvalue weighted by Crippen LogP contribution is 2.60. The van der Waals surface area contributed by atoms with Gasteiger partial charge in [-0.2, -0.15) is 0 Å². The molecule has 0 fully saturated rings. The van der Waals surface area contributed by atoms with Crippen molar-refractivity contribution in [3.63, 3.8) is 0 Å². The summed E-state index contributed by atoms with van der Waals surface area (Å²) in [6.07, 6.45) is 0. The Labute approximate surface area is 125 Å². The first kappa shape index (κ1) is 13.6. The number of esters is 1. The van der Waals surface area contributed by atoms with Crippen LogP contribution in [0.4, 0.5) is 0 Å². The van der Waals surface area contributed by atoms with Gasteiger partial charge in [0.15, 0.2) is 0 Å². The van der Waals surface area contributed by atoms with Crippen LogP contribution in [0.25, 0.3) is 5.57 Å². The summed E-state index contributed by atoms with van der Waals surface area (Å²) in [6.45, 7) is 4.05. The molecule has 2 aromatic rings. The lowest BCUT2D eigenvalue weighted by Crippen LogP contribution is -2.27. The van der Waals surface area contributed by atoms with Crippen LogP contribution >= 0.6 is 0 Å². The second-order valence-corrected chi connectivity index (χ2v) is 5.48. The van der Waals surface area contributed by atoms with Crippen LogP contribution in [-0.4, -0.2) is 13.1 Å². The highest BCUT2D eigenvalue weighted by Gasteiger charge is 2.59. The maximum Gasteiger partial charge on any atom is 0.325 e. The van der Waals surface area contributed by atoms with Gasteiger partial charge in [-0.05, 0) is 36.1 Å². The number of rotatable bonds is 3. The normalized spacial score (nSPS) is 20.3. The van der Waals surface area contributed by atoms with Crippen LogP contribution in [0, 0.1) is 6.92 Å². The minimum Gasteiger partial charge on any atom is -0.468 e. The number of ether oxygens (including phenoxy) is 1. The quantitative estimate of drug-likeness (QED) is 0.796. The van der Waals surface area contributed by atoms with Gasteiger partial charge in [0.05, 0.1) is 7.11 Å². The molecule has 1 aliphatic carbocycles. The zero-order valence-electron chi connectivity index (χ0n) is 12.5. The molecular weight excluding hydrogens is 260 g/mol. The van der Waals surface area contributed by atoms with Crippen molar-refractivity contribution in [2.45, 2.75) is 19.3 Å². The monoisotopic (exact) mass is 278 g/mol. The molecule has 2 heteroatoms. The van der Waals surface area contributed by atoms with E-state index in [1.165, 1.54) is 7.11 Å². The van der Waals surface area contributed by atoms with E-state index in [2.05, 4.69) is 6.07 Å². The second-order valence-electron chi connectivity index (χ2n) is 5.48. The molecule has 106 valence electrons. The minimum absolute atomic E-state index is 0.204. The van der Waals surface area contributed by atoms with Gasteiger partial charge in [0.2, 0.25) is 0 Å². The summed E-state index contributed by atoms with van der Waals surface area (Å²) in [5.41, 5.74) is 4.66. The number of carbonyl (C=O) groups is 1. The Morgan fingerprint density at radius 2 is 1.71 bits per heavy atom. The molecule has 0 aliphatic heterocycles. The predicted octanol–water partition coefficient (Wildman–Crippen LogP) is 3.89. The van der Waals surface area contributed by atoms with Gasteiger partial charge < -0.3 is 4.74 Å². The van der Waals surface area contributed by atoms with Crippen LogP contribution in [0.2, 0.25) is 0 Å². The van der Waals surface area contributed by atoms with E-state index in [0.29, 0.717) is 0 Å². The zero-order valence-corrected chi connectivity index (χ0v) is 12.5. The Hall–Kier alpha value is -2.35. The standard InChI is InChI=1S/C19H18O2/c1-13-8-7-11-16(12-13)19(18(20)21-3)14(2)17(19)15-9-5-4-6-10-15/h4-12H,1-3H3. The van der Waals surface area contributed by atoms with E-state index in [4.69, 9.17) is 4.74 Å². The van der Waals surface area contributed by atoms with Gasteiger partial charge >= 0.3 is 5.97 Å². The Morgan fingerprint density at radius 1 is 1.00 bits per heavy atom. The third-order valence-corrected chi connectivity index (χ3v) is 4.26. The molecule has 0 saturated heterocycles. The summed E-state index contributed by atoms with van der Waals surface area (Å²) in [5, 5.41) is 0. The van der Waals surface area contributed by atoms with Crippen LogP contribution < -0.4 is 0 Å². The fraction of sp³-hybridized carbons (Fsp3) is 0.211. The molecule has 0 radical (unpaired) electrons. The summed E-state index contributed by atoms with van der Waals surface area (Å²) in [7, 11) is 1.45. The summed E-state index contributed by atoms with van der Waals surface area (Å²) >= 11 is 0. The van der Waals surface area contributed by atoms with Gasteiger partial charge in [-0.25, -0.2) is 0 Å². The molecule has 0 N–H and O–H groups in total. The summed E-state index contributed by atoms with van der Waals surface area (Å²) in [5.74, 6) is -0.204. The lowest BCUT2D eigenvalue weighted by molar-refractivity contribution is -0.142. The van der Waals surface area contributed by atoms with Crippen molar-refractivity contribution in [3.05, 3.63) is 76.9 Å². The molecule has 0 aromatic heterocycles. The topological polar surface area (TPSA) is 26.3 Å². The van der Waals surface area contributed by atoms with Crippen molar-refractivity contribution in [1.29, 1.82) is 0 Å². The van der Waals surface area contributed by atoms with E-state index in [1.54, 1.807) is 0 Å². The molecule has 3 rings (SSSR count). The minimum atomic E-state index is -0.706. The summed E-state index contributed by atoms with van der Waals surface area (Å²) < 4.78 is 5.11. The SMILES string of the molecule is COC(=O)C1(c2cccc(C)c2)C(C)=C1c1ccccc1. The third-order valence-electron chi connectivity index (χ3n) is 4.26. The fourth-order valence-corrected chi connectivity index (χ4v) is 3.21. The van der Waals surface area contributed by atoms with Crippen LogP contribution in [0.3, 0.4) is 0 Å². The molecular formula is C19H18O2. The molecule has 1 atom stereocenters. The van der Waals surface area contributed by atoms with E-state index >= 15 is 0 Å². The van der Waals surface area contributed by atoms with Gasteiger partial charge in [0, 0.05) is 0 Å². The predicted molar refractivity (Wildman–Crippen MR) is 83.9 cm³/mol. The first-order valence-corrected chi connectivity index (χ1v) is 7.05. The number of aryl methyl sites for hydroxylation is 1. The second kappa shape index (κ2) is 4.88. The summed E-state index contributed by atoms with van der Waals surface area (Å²) in [4.78, 5) is 12.5. The van der Waals surface area contributed by atoms with Crippen molar-refractivity contribution < 1.29 is 9.53 Å². The Balaban J connectivity index is 2.13. The molecule has 21 heavy (non-hydrogen) atoms. The third kappa shape index (κ3) is 1.90. The van der Waals surface area contributed by atoms with Crippen LogP contribution in [0.5, 0.6) is 0 Å². The number of hydrogen-bond donors (Lipinski definition) is 0. The van der Waals surface area contributed by atoms with Gasteiger partial charge in [-0.3, -0.25) is 4.79 Å². The van der Waals surface area contributed by atoms with E-state index in [-0.39, 0.29) is 5.97 Å². The van der Waals surface area contributed by atoms with Crippen molar-refractivity contribution in [2.24, 2.45) is 0 Å². The van der Waals surface area contributed by atoms with Gasteiger partial charge in [-0.1, -0.05) is 60.2 Å². The lowest BCUT2D eigenvalue weighted by Gasteiger charge is -2.18. The van der Waals surface area contributed by atoms with E-state index < -0.39 is 5.41 Å². The van der Waals surface area contributed by atoms with Crippen LogP contribution in [0.1, 0.15) is 23.6 Å². The van der Waals surface area contributed by atoms with E-state index in [1.807, 2.05) is 62.4 Å². The molecule has 1 aliphatic rings. The highest BCUT2D eigenvalue weighted by molar-refractivity contribution is 6.15. The van der Waals surface area contributed by atoms with Crippen LogP contribution in [-0.2, 0) is 14.9 Å². The smallest absolute Gasteiger partial charge is 0.325 e. The zero-order chi connectivity index (χ0) is 15.0. The van der Waals surface area contributed by atoms with Crippen molar-refractivity contribution >= 4 is 11.5 Å². The molecule has 2 aromatic carbocycles. The maximum atomic E-state index is 12.5. The first-order chi connectivity index (χ1) is 10.1. The molecule has 0 amide bonds. The Bertz CT molecular complexity index is 728. The van der Waals surface area contributed by atoms with Gasteiger partial charge in [-0.15, -0.1) is 0 Å². The van der Waals surface area contributed by atoms with Crippen molar-refractivity contribution in [2.75, 3.05) is 7.11 Å². The Morgan fingerprint density at radius 3 is 2.33 bits per heavy atom. The maximum absolute atomic E-state index is 12.5. The molecule has 1 unspecified atom stereocenters. The molecule has 0 saturated carbocycles.